The van der Waals surface area contributed by atoms with E-state index in [-0.39, 0.29) is 0 Å². The molecule has 0 atom stereocenters. The Hall–Kier alpha value is -7.54. The standard InChI is InChI=1S/C58H38/c1-7-20-39(21-8-1)47-33-19-32-45-36-46(34-35-48(45)47)56-54(43-28-15-5-16-29-43)55(44-30-17-6-18-31-44)58-53(42-26-13-4-14-27-42)51-37-49(40-22-9-2-10-23-40)50(38-52(51)57(56)58)41-24-11-3-12-25-41/h1-38H. The number of fused-ring (bicyclic) bond motifs is 4. The van der Waals surface area contributed by atoms with Gasteiger partial charge in [0.25, 0.3) is 0 Å². The summed E-state index contributed by atoms with van der Waals surface area (Å²) in [5.74, 6) is 0. The van der Waals surface area contributed by atoms with Gasteiger partial charge in [0.15, 0.2) is 0 Å². The molecule has 0 heteroatoms. The zero-order chi connectivity index (χ0) is 38.4. The molecule has 11 rings (SSSR count). The molecule has 0 unspecified atom stereocenters. The molecule has 0 radical (unpaired) electrons. The van der Waals surface area contributed by atoms with Crippen LogP contribution < -0.4 is 0 Å². The highest BCUT2D eigenvalue weighted by atomic mass is 14.4. The molecule has 0 aromatic heterocycles. The van der Waals surface area contributed by atoms with Gasteiger partial charge in [0.1, 0.15) is 0 Å². The maximum absolute atomic E-state index is 2.49. The average molecular weight is 735 g/mol. The molecule has 9 aromatic carbocycles. The van der Waals surface area contributed by atoms with Crippen molar-refractivity contribution < 1.29 is 0 Å². The van der Waals surface area contributed by atoms with Crippen molar-refractivity contribution in [2.75, 3.05) is 0 Å². The fourth-order valence-electron chi connectivity index (χ4n) is 9.29. The average Bonchev–Trinajstić information content (AvgIpc) is 3.82. The van der Waals surface area contributed by atoms with Crippen LogP contribution >= 0.6 is 0 Å². The van der Waals surface area contributed by atoms with Crippen LogP contribution in [0.5, 0.6) is 0 Å². The van der Waals surface area contributed by atoms with Crippen molar-refractivity contribution in [3.63, 3.8) is 0 Å². The van der Waals surface area contributed by atoms with Crippen LogP contribution in [0.15, 0.2) is 236 Å². The van der Waals surface area contributed by atoms with Crippen LogP contribution in [0, 0.1) is 0 Å². The van der Waals surface area contributed by atoms with Gasteiger partial charge >= 0.3 is 0 Å². The smallest absolute Gasteiger partial charge is 0.000137 e. The molecule has 58 heavy (non-hydrogen) atoms. The van der Waals surface area contributed by atoms with E-state index in [9.17, 15) is 0 Å². The molecule has 0 saturated heterocycles. The van der Waals surface area contributed by atoms with Gasteiger partial charge in [0.05, 0.1) is 0 Å². The first-order chi connectivity index (χ1) is 28.8. The van der Waals surface area contributed by atoms with Gasteiger partial charge in [-0.05, 0) is 129 Å². The molecule has 270 valence electrons. The van der Waals surface area contributed by atoms with Crippen LogP contribution in [0.4, 0.5) is 0 Å². The molecule has 0 amide bonds. The molecule has 0 fully saturated rings. The van der Waals surface area contributed by atoms with Gasteiger partial charge in [-0.15, -0.1) is 0 Å². The van der Waals surface area contributed by atoms with Crippen LogP contribution in [0.3, 0.4) is 0 Å². The Bertz CT molecular complexity index is 3080. The molecule has 0 N–H and O–H groups in total. The Labute approximate surface area is 340 Å². The molecule has 0 heterocycles. The van der Waals surface area contributed by atoms with Crippen molar-refractivity contribution in [2.24, 2.45) is 0 Å². The second-order valence-corrected chi connectivity index (χ2v) is 15.1. The first-order valence-electron chi connectivity index (χ1n) is 20.1. The van der Waals surface area contributed by atoms with Crippen LogP contribution in [0.2, 0.25) is 0 Å². The Morgan fingerprint density at radius 2 is 0.552 bits per heavy atom. The lowest BCUT2D eigenvalue weighted by Crippen LogP contribution is -1.97. The summed E-state index contributed by atoms with van der Waals surface area (Å²) in [6.07, 6.45) is 0. The van der Waals surface area contributed by atoms with Gasteiger partial charge in [0, 0.05) is 0 Å². The van der Waals surface area contributed by atoms with Crippen LogP contribution in [0.25, 0.3) is 72.0 Å². The van der Waals surface area contributed by atoms with Crippen molar-refractivity contribution >= 4 is 38.6 Å². The molecule has 0 spiro atoms. The minimum Gasteiger partial charge on any atom is -0.0622 e. The SMILES string of the molecule is c1ccc(C2=C(c3ccccc3)C(c3ccc4c(-c5ccccc5)cccc4c3)=C3C2=C(c2ccccc2)c2cc(-c4ccccc4)c(-c4ccccc4)cc23)cc1. The van der Waals surface area contributed by atoms with E-state index in [4.69, 9.17) is 0 Å². The summed E-state index contributed by atoms with van der Waals surface area (Å²) in [6.45, 7) is 0. The maximum Gasteiger partial charge on any atom is -0.000137 e. The van der Waals surface area contributed by atoms with Crippen molar-refractivity contribution in [1.82, 2.24) is 0 Å². The van der Waals surface area contributed by atoms with Gasteiger partial charge < -0.3 is 0 Å². The normalized spacial score (nSPS) is 13.3. The number of rotatable bonds is 7. The largest absolute Gasteiger partial charge is 0.0622 e. The third kappa shape index (κ3) is 5.61. The summed E-state index contributed by atoms with van der Waals surface area (Å²) in [6, 6.07) is 84.5. The van der Waals surface area contributed by atoms with Gasteiger partial charge in [-0.1, -0.05) is 212 Å². The second kappa shape index (κ2) is 14.2. The van der Waals surface area contributed by atoms with E-state index < -0.39 is 0 Å². The van der Waals surface area contributed by atoms with Gasteiger partial charge in [-0.3, -0.25) is 0 Å². The van der Waals surface area contributed by atoms with E-state index in [1.165, 1.54) is 111 Å². The summed E-state index contributed by atoms with van der Waals surface area (Å²) in [7, 11) is 0. The zero-order valence-electron chi connectivity index (χ0n) is 31.9. The third-order valence-corrected chi connectivity index (χ3v) is 11.8. The number of allylic oxidation sites excluding steroid dienone is 5. The highest BCUT2D eigenvalue weighted by molar-refractivity contribution is 6.39. The molecular weight excluding hydrogens is 697 g/mol. The Morgan fingerprint density at radius 1 is 0.172 bits per heavy atom. The monoisotopic (exact) mass is 734 g/mol. The number of benzene rings is 9. The third-order valence-electron chi connectivity index (χ3n) is 11.8. The topological polar surface area (TPSA) is 0 Å². The van der Waals surface area contributed by atoms with Crippen molar-refractivity contribution in [3.05, 3.63) is 269 Å². The molecule has 0 saturated carbocycles. The molecule has 0 nitrogen and oxygen atoms in total. The van der Waals surface area contributed by atoms with Crippen molar-refractivity contribution in [1.29, 1.82) is 0 Å². The summed E-state index contributed by atoms with van der Waals surface area (Å²) in [4.78, 5) is 0. The molecule has 2 aliphatic carbocycles. The summed E-state index contributed by atoms with van der Waals surface area (Å²) in [5.41, 5.74) is 22.4. The van der Waals surface area contributed by atoms with Gasteiger partial charge in [-0.2, -0.15) is 0 Å². The minimum absolute atomic E-state index is 1.21. The van der Waals surface area contributed by atoms with E-state index in [1.807, 2.05) is 0 Å². The molecule has 0 aliphatic heterocycles. The molecule has 0 bridgehead atoms. The minimum atomic E-state index is 1.21. The molecule has 2 aliphatic rings. The highest BCUT2D eigenvalue weighted by Gasteiger charge is 2.40. The van der Waals surface area contributed by atoms with Crippen LogP contribution in [0.1, 0.15) is 33.4 Å². The Balaban J connectivity index is 1.29. The molecule has 9 aromatic rings. The lowest BCUT2D eigenvalue weighted by atomic mass is 9.84. The van der Waals surface area contributed by atoms with E-state index in [0.29, 0.717) is 0 Å². The van der Waals surface area contributed by atoms with Gasteiger partial charge in [0.2, 0.25) is 0 Å². The van der Waals surface area contributed by atoms with Gasteiger partial charge in [-0.25, -0.2) is 0 Å². The number of hydrogen-bond acceptors (Lipinski definition) is 0. The fourth-order valence-corrected chi connectivity index (χ4v) is 9.29. The Morgan fingerprint density at radius 3 is 1.03 bits per heavy atom. The summed E-state index contributed by atoms with van der Waals surface area (Å²) < 4.78 is 0. The first kappa shape index (κ1) is 33.8. The lowest BCUT2D eigenvalue weighted by molar-refractivity contribution is 1.51. The van der Waals surface area contributed by atoms with E-state index in [0.717, 1.165) is 0 Å². The predicted molar refractivity (Wildman–Crippen MR) is 246 cm³/mol. The Kier molecular flexibility index (Phi) is 8.26. The predicted octanol–water partition coefficient (Wildman–Crippen LogP) is 15.2. The quantitative estimate of drug-likeness (QED) is 0.153. The second-order valence-electron chi connectivity index (χ2n) is 15.1. The maximum atomic E-state index is 2.49. The van der Waals surface area contributed by atoms with E-state index in [2.05, 4.69) is 231 Å². The van der Waals surface area contributed by atoms with E-state index in [1.54, 1.807) is 0 Å². The summed E-state index contributed by atoms with van der Waals surface area (Å²) >= 11 is 0. The van der Waals surface area contributed by atoms with Crippen molar-refractivity contribution in [3.8, 4) is 33.4 Å². The van der Waals surface area contributed by atoms with Crippen LogP contribution in [-0.4, -0.2) is 0 Å². The van der Waals surface area contributed by atoms with E-state index >= 15 is 0 Å². The zero-order valence-corrected chi connectivity index (χ0v) is 31.9. The fraction of sp³-hybridized carbons (Fsp3) is 0. The highest BCUT2D eigenvalue weighted by Crippen LogP contribution is 2.62. The van der Waals surface area contributed by atoms with Crippen molar-refractivity contribution in [2.45, 2.75) is 0 Å². The first-order valence-corrected chi connectivity index (χ1v) is 20.1. The molecular formula is C58H38. The summed E-state index contributed by atoms with van der Waals surface area (Å²) in [5, 5.41) is 2.48. The lowest BCUT2D eigenvalue weighted by Gasteiger charge is -2.19. The van der Waals surface area contributed by atoms with Crippen LogP contribution in [-0.2, 0) is 0 Å². The number of hydrogen-bond donors (Lipinski definition) is 0.